The molecule has 1 aromatic rings. The van der Waals surface area contributed by atoms with Crippen LogP contribution in [0.5, 0.6) is 5.75 Å². The van der Waals surface area contributed by atoms with Crippen LogP contribution in [-0.2, 0) is 0 Å². The molecule has 0 radical (unpaired) electrons. The number of hydrogen-bond acceptors (Lipinski definition) is 3. The molecule has 112 valence electrons. The molecule has 0 amide bonds. The Balaban J connectivity index is 1.78. The third-order valence-corrected chi connectivity index (χ3v) is 4.24. The second kappa shape index (κ2) is 7.09. The maximum atomic E-state index is 5.88. The largest absolute Gasteiger partial charge is 0.492 e. The maximum Gasteiger partial charge on any atom is 0.119 e. The molecule has 1 saturated heterocycles. The van der Waals surface area contributed by atoms with Gasteiger partial charge >= 0.3 is 0 Å². The Morgan fingerprint density at radius 1 is 1.40 bits per heavy atom. The molecule has 3 nitrogen and oxygen atoms in total. The van der Waals surface area contributed by atoms with Crippen molar-refractivity contribution in [1.82, 2.24) is 4.90 Å². The summed E-state index contributed by atoms with van der Waals surface area (Å²) < 4.78 is 5.88. The van der Waals surface area contributed by atoms with Crippen molar-refractivity contribution in [3.63, 3.8) is 0 Å². The van der Waals surface area contributed by atoms with E-state index in [1.807, 2.05) is 0 Å². The van der Waals surface area contributed by atoms with Crippen molar-refractivity contribution in [2.45, 2.75) is 33.1 Å². The van der Waals surface area contributed by atoms with Crippen LogP contribution in [0.1, 0.15) is 37.3 Å². The van der Waals surface area contributed by atoms with Gasteiger partial charge in [-0.3, -0.25) is 4.90 Å². The fourth-order valence-electron chi connectivity index (χ4n) is 2.99. The summed E-state index contributed by atoms with van der Waals surface area (Å²) >= 11 is 0. The van der Waals surface area contributed by atoms with Gasteiger partial charge in [0.15, 0.2) is 0 Å². The summed E-state index contributed by atoms with van der Waals surface area (Å²) in [6, 6.07) is 6.44. The lowest BCUT2D eigenvalue weighted by Gasteiger charge is -2.17. The summed E-state index contributed by atoms with van der Waals surface area (Å²) in [4.78, 5) is 2.45. The number of nitrogens with two attached hydrogens (primary N) is 1. The van der Waals surface area contributed by atoms with Gasteiger partial charge in [0.1, 0.15) is 12.4 Å². The van der Waals surface area contributed by atoms with Crippen molar-refractivity contribution in [2.75, 3.05) is 32.8 Å². The van der Waals surface area contributed by atoms with Gasteiger partial charge in [-0.05, 0) is 61.5 Å². The van der Waals surface area contributed by atoms with E-state index >= 15 is 0 Å². The van der Waals surface area contributed by atoms with Gasteiger partial charge in [0.25, 0.3) is 0 Å². The van der Waals surface area contributed by atoms with Gasteiger partial charge in [0.05, 0.1) is 0 Å². The van der Waals surface area contributed by atoms with E-state index in [1.165, 1.54) is 17.5 Å². The fraction of sp³-hybridized carbons (Fsp3) is 0.647. The van der Waals surface area contributed by atoms with Crippen molar-refractivity contribution < 1.29 is 4.74 Å². The topological polar surface area (TPSA) is 38.5 Å². The zero-order chi connectivity index (χ0) is 14.5. The molecule has 0 bridgehead atoms. The third kappa shape index (κ3) is 3.97. The van der Waals surface area contributed by atoms with E-state index < -0.39 is 0 Å². The van der Waals surface area contributed by atoms with Crippen LogP contribution in [0.3, 0.4) is 0 Å². The van der Waals surface area contributed by atoms with Gasteiger partial charge in [-0.25, -0.2) is 0 Å². The Morgan fingerprint density at radius 2 is 2.20 bits per heavy atom. The monoisotopic (exact) mass is 276 g/mol. The number of aryl methyl sites for hydroxylation is 1. The average Bonchev–Trinajstić information content (AvgIpc) is 2.86. The van der Waals surface area contributed by atoms with Gasteiger partial charge < -0.3 is 10.5 Å². The molecule has 1 aliphatic rings. The molecule has 0 saturated carbocycles. The minimum atomic E-state index is 0.571. The highest BCUT2D eigenvalue weighted by Crippen LogP contribution is 2.23. The van der Waals surface area contributed by atoms with E-state index in [4.69, 9.17) is 10.5 Å². The molecule has 0 aromatic heterocycles. The molecule has 1 aromatic carbocycles. The number of benzene rings is 1. The van der Waals surface area contributed by atoms with Crippen LogP contribution in [0.2, 0.25) is 0 Å². The molecule has 2 N–H and O–H groups in total. The molecule has 0 aliphatic carbocycles. The Bertz CT molecular complexity index is 431. The smallest absolute Gasteiger partial charge is 0.119 e. The van der Waals surface area contributed by atoms with E-state index in [0.29, 0.717) is 11.8 Å². The first kappa shape index (κ1) is 15.3. The lowest BCUT2D eigenvalue weighted by atomic mass is 9.98. The van der Waals surface area contributed by atoms with Crippen LogP contribution in [-0.4, -0.2) is 37.7 Å². The Kier molecular flexibility index (Phi) is 5.44. The summed E-state index contributed by atoms with van der Waals surface area (Å²) in [7, 11) is 0. The van der Waals surface area contributed by atoms with Crippen LogP contribution in [0.25, 0.3) is 0 Å². The predicted molar refractivity (Wildman–Crippen MR) is 84.4 cm³/mol. The molecule has 1 aliphatic heterocycles. The second-order valence-electron chi connectivity index (χ2n) is 6.21. The lowest BCUT2D eigenvalue weighted by Crippen LogP contribution is -2.27. The summed E-state index contributed by atoms with van der Waals surface area (Å²) in [5, 5.41) is 0. The number of nitrogens with zero attached hydrogens (tertiary/aromatic N) is 1. The van der Waals surface area contributed by atoms with Crippen LogP contribution < -0.4 is 10.5 Å². The highest BCUT2D eigenvalue weighted by atomic mass is 16.5. The summed E-state index contributed by atoms with van der Waals surface area (Å²) in [5.41, 5.74) is 8.44. The van der Waals surface area contributed by atoms with E-state index in [1.54, 1.807) is 0 Å². The number of rotatable bonds is 6. The van der Waals surface area contributed by atoms with Crippen molar-refractivity contribution in [2.24, 2.45) is 11.7 Å². The standard InChI is InChI=1S/C17H28N2O/c1-13(2)17-5-4-16(10-14(17)3)20-9-8-19-7-6-15(11-18)12-19/h4-5,10,13,15H,6-9,11-12,18H2,1-3H3. The van der Waals surface area contributed by atoms with Crippen molar-refractivity contribution in [1.29, 1.82) is 0 Å². The van der Waals surface area contributed by atoms with Crippen molar-refractivity contribution in [3.05, 3.63) is 29.3 Å². The Labute approximate surface area is 123 Å². The fourth-order valence-corrected chi connectivity index (χ4v) is 2.99. The molecule has 20 heavy (non-hydrogen) atoms. The molecular formula is C17H28N2O. The minimum absolute atomic E-state index is 0.571. The van der Waals surface area contributed by atoms with E-state index in [9.17, 15) is 0 Å². The first-order valence-corrected chi connectivity index (χ1v) is 7.76. The quantitative estimate of drug-likeness (QED) is 0.868. The van der Waals surface area contributed by atoms with E-state index in [-0.39, 0.29) is 0 Å². The van der Waals surface area contributed by atoms with Gasteiger partial charge in [0, 0.05) is 13.1 Å². The van der Waals surface area contributed by atoms with Crippen LogP contribution in [0, 0.1) is 12.8 Å². The SMILES string of the molecule is Cc1cc(OCCN2CCC(CN)C2)ccc1C(C)C. The first-order valence-electron chi connectivity index (χ1n) is 7.76. The Hall–Kier alpha value is -1.06. The van der Waals surface area contributed by atoms with Gasteiger partial charge in [0.2, 0.25) is 0 Å². The van der Waals surface area contributed by atoms with Crippen LogP contribution in [0.4, 0.5) is 0 Å². The first-order chi connectivity index (χ1) is 9.60. The zero-order valence-corrected chi connectivity index (χ0v) is 13.1. The summed E-state index contributed by atoms with van der Waals surface area (Å²) in [6.45, 7) is 11.5. The van der Waals surface area contributed by atoms with Crippen molar-refractivity contribution in [3.8, 4) is 5.75 Å². The van der Waals surface area contributed by atoms with Gasteiger partial charge in [-0.15, -0.1) is 0 Å². The van der Waals surface area contributed by atoms with Gasteiger partial charge in [-0.1, -0.05) is 19.9 Å². The molecular weight excluding hydrogens is 248 g/mol. The zero-order valence-electron chi connectivity index (χ0n) is 13.1. The minimum Gasteiger partial charge on any atom is -0.492 e. The lowest BCUT2D eigenvalue weighted by molar-refractivity contribution is 0.233. The van der Waals surface area contributed by atoms with Crippen molar-refractivity contribution >= 4 is 0 Å². The van der Waals surface area contributed by atoms with E-state index in [2.05, 4.69) is 43.9 Å². The predicted octanol–water partition coefficient (Wildman–Crippen LogP) is 2.78. The average molecular weight is 276 g/mol. The molecule has 3 heteroatoms. The molecule has 2 rings (SSSR count). The molecule has 1 atom stereocenters. The Morgan fingerprint density at radius 3 is 2.80 bits per heavy atom. The molecule has 0 spiro atoms. The number of hydrogen-bond donors (Lipinski definition) is 1. The second-order valence-corrected chi connectivity index (χ2v) is 6.21. The van der Waals surface area contributed by atoms with E-state index in [0.717, 1.165) is 38.5 Å². The molecule has 1 fully saturated rings. The third-order valence-electron chi connectivity index (χ3n) is 4.24. The van der Waals surface area contributed by atoms with Crippen LogP contribution in [0.15, 0.2) is 18.2 Å². The van der Waals surface area contributed by atoms with Gasteiger partial charge in [-0.2, -0.15) is 0 Å². The number of likely N-dealkylation sites (tertiary alicyclic amines) is 1. The molecule has 1 heterocycles. The number of ether oxygens (including phenoxy) is 1. The normalized spacial score (nSPS) is 19.8. The molecule has 1 unspecified atom stereocenters. The highest BCUT2D eigenvalue weighted by molar-refractivity contribution is 5.36. The highest BCUT2D eigenvalue weighted by Gasteiger charge is 2.20. The summed E-state index contributed by atoms with van der Waals surface area (Å²) in [5.74, 6) is 2.24. The summed E-state index contributed by atoms with van der Waals surface area (Å²) in [6.07, 6.45) is 1.23. The van der Waals surface area contributed by atoms with Crippen LogP contribution >= 0.6 is 0 Å². The maximum absolute atomic E-state index is 5.88.